The Morgan fingerprint density at radius 2 is 1.88 bits per heavy atom. The van der Waals surface area contributed by atoms with Crippen LogP contribution in [0, 0.1) is 0 Å². The first-order valence-corrected chi connectivity index (χ1v) is 8.21. The Morgan fingerprint density at radius 1 is 1.12 bits per heavy atom. The summed E-state index contributed by atoms with van der Waals surface area (Å²) < 4.78 is 11.2. The third kappa shape index (κ3) is 4.64. The largest absolute Gasteiger partial charge is 0.497 e. The van der Waals surface area contributed by atoms with E-state index in [0.717, 1.165) is 27.9 Å². The highest BCUT2D eigenvalue weighted by Crippen LogP contribution is 2.32. The van der Waals surface area contributed by atoms with Gasteiger partial charge in [0.1, 0.15) is 24.2 Å². The Kier molecular flexibility index (Phi) is 7.21. The fourth-order valence-corrected chi connectivity index (χ4v) is 2.66. The van der Waals surface area contributed by atoms with E-state index in [1.54, 1.807) is 14.2 Å². The molecule has 5 nitrogen and oxygen atoms in total. The molecule has 0 unspecified atom stereocenters. The van der Waals surface area contributed by atoms with Crippen LogP contribution in [-0.4, -0.2) is 43.5 Å². The van der Waals surface area contributed by atoms with Crippen molar-refractivity contribution in [2.24, 2.45) is 0 Å². The van der Waals surface area contributed by atoms with Crippen molar-refractivity contribution in [3.8, 4) is 22.8 Å². The predicted octanol–water partition coefficient (Wildman–Crippen LogP) is 3.29. The quantitative estimate of drug-likeness (QED) is 0.664. The number of fused-ring (bicyclic) bond motifs is 1. The SMILES string of the molecule is CNC[C@H](O)COc1cc(-c2ccccc2)nc2cc(OC)ccc12.Cl. The maximum Gasteiger partial charge on any atom is 0.131 e. The zero-order valence-electron chi connectivity index (χ0n) is 14.8. The highest BCUT2D eigenvalue weighted by molar-refractivity contribution is 5.89. The van der Waals surface area contributed by atoms with Crippen molar-refractivity contribution < 1.29 is 14.6 Å². The van der Waals surface area contributed by atoms with Gasteiger partial charge in [-0.1, -0.05) is 30.3 Å². The van der Waals surface area contributed by atoms with Gasteiger partial charge < -0.3 is 19.9 Å². The Bertz CT molecular complexity index is 843. The summed E-state index contributed by atoms with van der Waals surface area (Å²) in [5.41, 5.74) is 2.62. The second-order valence-electron chi connectivity index (χ2n) is 5.78. The first-order chi connectivity index (χ1) is 12.2. The molecule has 0 fully saturated rings. The van der Waals surface area contributed by atoms with E-state index in [1.165, 1.54) is 0 Å². The summed E-state index contributed by atoms with van der Waals surface area (Å²) in [6.07, 6.45) is -0.577. The van der Waals surface area contributed by atoms with Crippen LogP contribution in [-0.2, 0) is 0 Å². The number of likely N-dealkylation sites (N-methyl/N-ethyl adjacent to an activating group) is 1. The maximum absolute atomic E-state index is 9.93. The molecule has 138 valence electrons. The molecule has 0 saturated heterocycles. The van der Waals surface area contributed by atoms with Crippen molar-refractivity contribution >= 4 is 23.3 Å². The molecule has 1 atom stereocenters. The fraction of sp³-hybridized carbons (Fsp3) is 0.250. The van der Waals surface area contributed by atoms with E-state index in [4.69, 9.17) is 14.5 Å². The lowest BCUT2D eigenvalue weighted by Crippen LogP contribution is -2.29. The normalized spacial score (nSPS) is 11.7. The molecule has 0 aliphatic heterocycles. The van der Waals surface area contributed by atoms with Gasteiger partial charge in [-0.3, -0.25) is 0 Å². The third-order valence-corrected chi connectivity index (χ3v) is 3.92. The summed E-state index contributed by atoms with van der Waals surface area (Å²) in [4.78, 5) is 4.74. The van der Waals surface area contributed by atoms with E-state index in [9.17, 15) is 5.11 Å². The molecule has 0 aliphatic carbocycles. The standard InChI is InChI=1S/C20H22N2O3.ClH/c1-21-12-15(23)13-25-20-11-18(14-6-4-3-5-7-14)22-19-10-16(24-2)8-9-17(19)20;/h3-11,15,21,23H,12-13H2,1-2H3;1H/t15-;/m0./s1. The number of aromatic nitrogens is 1. The molecule has 3 rings (SSSR count). The molecule has 0 amide bonds. The topological polar surface area (TPSA) is 63.6 Å². The molecular formula is C20H23ClN2O3. The van der Waals surface area contributed by atoms with Gasteiger partial charge in [0.15, 0.2) is 0 Å². The number of nitrogens with zero attached hydrogens (tertiary/aromatic N) is 1. The Balaban J connectivity index is 0.00000243. The molecule has 0 radical (unpaired) electrons. The molecule has 1 aromatic heterocycles. The van der Waals surface area contributed by atoms with E-state index in [2.05, 4.69) is 5.32 Å². The van der Waals surface area contributed by atoms with Crippen LogP contribution in [0.1, 0.15) is 0 Å². The van der Waals surface area contributed by atoms with Crippen LogP contribution in [0.15, 0.2) is 54.6 Å². The van der Waals surface area contributed by atoms with E-state index in [-0.39, 0.29) is 19.0 Å². The molecule has 0 spiro atoms. The molecule has 2 aromatic carbocycles. The summed E-state index contributed by atoms with van der Waals surface area (Å²) in [5, 5.41) is 13.7. The van der Waals surface area contributed by atoms with Gasteiger partial charge in [0.2, 0.25) is 0 Å². The van der Waals surface area contributed by atoms with Gasteiger partial charge in [-0.25, -0.2) is 4.98 Å². The molecule has 0 aliphatic rings. The number of pyridine rings is 1. The number of nitrogens with one attached hydrogen (secondary N) is 1. The lowest BCUT2D eigenvalue weighted by Gasteiger charge is -2.15. The monoisotopic (exact) mass is 374 g/mol. The number of aliphatic hydroxyl groups excluding tert-OH is 1. The van der Waals surface area contributed by atoms with Gasteiger partial charge in [-0.05, 0) is 19.2 Å². The summed E-state index contributed by atoms with van der Waals surface area (Å²) in [6.45, 7) is 0.683. The van der Waals surface area contributed by atoms with Gasteiger partial charge in [0, 0.05) is 29.6 Å². The van der Waals surface area contributed by atoms with Crippen LogP contribution in [0.5, 0.6) is 11.5 Å². The highest BCUT2D eigenvalue weighted by Gasteiger charge is 2.11. The van der Waals surface area contributed by atoms with Crippen molar-refractivity contribution in [1.82, 2.24) is 10.3 Å². The van der Waals surface area contributed by atoms with Crippen LogP contribution in [0.4, 0.5) is 0 Å². The number of aliphatic hydroxyl groups is 1. The van der Waals surface area contributed by atoms with E-state index >= 15 is 0 Å². The zero-order chi connectivity index (χ0) is 17.6. The van der Waals surface area contributed by atoms with Gasteiger partial charge in [0.25, 0.3) is 0 Å². The van der Waals surface area contributed by atoms with Crippen LogP contribution in [0.3, 0.4) is 0 Å². The van der Waals surface area contributed by atoms with Crippen molar-refractivity contribution in [3.05, 3.63) is 54.6 Å². The Labute approximate surface area is 159 Å². The minimum Gasteiger partial charge on any atom is -0.497 e. The Morgan fingerprint density at radius 3 is 2.58 bits per heavy atom. The average molecular weight is 375 g/mol. The lowest BCUT2D eigenvalue weighted by molar-refractivity contribution is 0.109. The molecule has 1 heterocycles. The first kappa shape index (κ1) is 20.0. The van der Waals surface area contributed by atoms with Crippen LogP contribution in [0.2, 0.25) is 0 Å². The number of ether oxygens (including phenoxy) is 2. The minimum absolute atomic E-state index is 0. The van der Waals surface area contributed by atoms with E-state index < -0.39 is 6.10 Å². The van der Waals surface area contributed by atoms with Crippen molar-refractivity contribution in [2.45, 2.75) is 6.10 Å². The van der Waals surface area contributed by atoms with Crippen LogP contribution < -0.4 is 14.8 Å². The maximum atomic E-state index is 9.93. The van der Waals surface area contributed by atoms with Crippen molar-refractivity contribution in [3.63, 3.8) is 0 Å². The van der Waals surface area contributed by atoms with Gasteiger partial charge in [-0.2, -0.15) is 0 Å². The summed E-state index contributed by atoms with van der Waals surface area (Å²) in [5.74, 6) is 1.44. The van der Waals surface area contributed by atoms with Crippen LogP contribution in [0.25, 0.3) is 22.2 Å². The minimum atomic E-state index is -0.577. The highest BCUT2D eigenvalue weighted by atomic mass is 35.5. The van der Waals surface area contributed by atoms with Gasteiger partial charge in [-0.15, -0.1) is 12.4 Å². The summed E-state index contributed by atoms with van der Waals surface area (Å²) in [6, 6.07) is 17.5. The van der Waals surface area contributed by atoms with Crippen LogP contribution >= 0.6 is 12.4 Å². The van der Waals surface area contributed by atoms with E-state index in [1.807, 2.05) is 54.6 Å². The summed E-state index contributed by atoms with van der Waals surface area (Å²) >= 11 is 0. The second-order valence-corrected chi connectivity index (χ2v) is 5.78. The number of benzene rings is 2. The number of halogens is 1. The lowest BCUT2D eigenvalue weighted by atomic mass is 10.1. The molecule has 0 bridgehead atoms. The van der Waals surface area contributed by atoms with Gasteiger partial charge >= 0.3 is 0 Å². The smallest absolute Gasteiger partial charge is 0.131 e. The first-order valence-electron chi connectivity index (χ1n) is 8.21. The number of hydrogen-bond acceptors (Lipinski definition) is 5. The Hall–Kier alpha value is -2.34. The molecule has 6 heteroatoms. The second kappa shape index (κ2) is 9.38. The number of hydrogen-bond donors (Lipinski definition) is 2. The molecular weight excluding hydrogens is 352 g/mol. The van der Waals surface area contributed by atoms with Gasteiger partial charge in [0.05, 0.1) is 18.3 Å². The zero-order valence-corrected chi connectivity index (χ0v) is 15.6. The molecule has 3 aromatic rings. The van der Waals surface area contributed by atoms with E-state index in [0.29, 0.717) is 12.3 Å². The molecule has 26 heavy (non-hydrogen) atoms. The number of rotatable bonds is 7. The molecule has 0 saturated carbocycles. The summed E-state index contributed by atoms with van der Waals surface area (Å²) in [7, 11) is 3.43. The van der Waals surface area contributed by atoms with Crippen molar-refractivity contribution in [1.29, 1.82) is 0 Å². The van der Waals surface area contributed by atoms with Crippen molar-refractivity contribution in [2.75, 3.05) is 27.3 Å². The number of methoxy groups -OCH3 is 1. The fourth-order valence-electron chi connectivity index (χ4n) is 2.66. The average Bonchev–Trinajstić information content (AvgIpc) is 2.66. The third-order valence-electron chi connectivity index (χ3n) is 3.92. The molecule has 2 N–H and O–H groups in total. The predicted molar refractivity (Wildman–Crippen MR) is 106 cm³/mol.